The van der Waals surface area contributed by atoms with Gasteiger partial charge in [-0.25, -0.2) is 14.6 Å². The van der Waals surface area contributed by atoms with Gasteiger partial charge in [-0.3, -0.25) is 5.32 Å². The molecule has 1 aromatic heterocycles. The third kappa shape index (κ3) is 3.54. The summed E-state index contributed by atoms with van der Waals surface area (Å²) in [5.41, 5.74) is 3.57. The molecule has 1 heterocycles. The molecule has 3 aromatic rings. The second-order valence-electron chi connectivity index (χ2n) is 8.20. The van der Waals surface area contributed by atoms with Gasteiger partial charge in [0.1, 0.15) is 6.61 Å². The number of hydrogen-bond donors (Lipinski definition) is 2. The van der Waals surface area contributed by atoms with E-state index >= 15 is 0 Å². The van der Waals surface area contributed by atoms with E-state index in [9.17, 15) is 14.7 Å². The highest BCUT2D eigenvalue weighted by Crippen LogP contribution is 2.44. The third-order valence-electron chi connectivity index (χ3n) is 5.03. The van der Waals surface area contributed by atoms with Crippen molar-refractivity contribution < 1.29 is 23.8 Å². The molecule has 0 fully saturated rings. The fourth-order valence-corrected chi connectivity index (χ4v) is 3.60. The predicted octanol–water partition coefficient (Wildman–Crippen LogP) is 5.03. The van der Waals surface area contributed by atoms with E-state index in [-0.39, 0.29) is 30.0 Å². The van der Waals surface area contributed by atoms with E-state index in [1.165, 1.54) is 0 Å². The summed E-state index contributed by atoms with van der Waals surface area (Å²) in [6.07, 6.45) is -0.795. The molecule has 7 heteroatoms. The number of nitrogens with zero attached hydrogens (tertiary/aromatic N) is 1. The zero-order chi connectivity index (χ0) is 21.5. The van der Waals surface area contributed by atoms with Crippen LogP contribution < -0.4 is 5.32 Å². The first kappa shape index (κ1) is 19.7. The Bertz CT molecular complexity index is 1080. The molecular weight excluding hydrogens is 384 g/mol. The Hall–Kier alpha value is -3.61. The van der Waals surface area contributed by atoms with Crippen LogP contribution in [0.2, 0.25) is 0 Å². The largest absolute Gasteiger partial charge is 0.476 e. The van der Waals surface area contributed by atoms with E-state index < -0.39 is 17.5 Å². The summed E-state index contributed by atoms with van der Waals surface area (Å²) in [7, 11) is 0. The molecule has 2 aromatic carbocycles. The molecule has 0 saturated heterocycles. The van der Waals surface area contributed by atoms with Gasteiger partial charge in [-0.05, 0) is 22.3 Å². The summed E-state index contributed by atoms with van der Waals surface area (Å²) in [4.78, 5) is 27.9. The number of ether oxygens (including phenoxy) is 1. The molecule has 154 valence electrons. The van der Waals surface area contributed by atoms with Gasteiger partial charge in [0.15, 0.2) is 0 Å². The van der Waals surface area contributed by atoms with E-state index in [1.54, 1.807) is 0 Å². The van der Waals surface area contributed by atoms with E-state index in [4.69, 9.17) is 9.15 Å². The number of rotatable bonds is 4. The smallest absolute Gasteiger partial charge is 0.414 e. The maximum atomic E-state index is 12.4. The molecule has 1 aliphatic carbocycles. The highest BCUT2D eigenvalue weighted by molar-refractivity contribution is 5.95. The summed E-state index contributed by atoms with van der Waals surface area (Å²) < 4.78 is 10.9. The number of carbonyl (C=O) groups excluding carboxylic acids is 1. The van der Waals surface area contributed by atoms with Crippen LogP contribution in [-0.4, -0.2) is 28.8 Å². The van der Waals surface area contributed by atoms with Crippen LogP contribution in [0, 0.1) is 0 Å². The van der Waals surface area contributed by atoms with Crippen molar-refractivity contribution in [3.05, 3.63) is 71.2 Å². The van der Waals surface area contributed by atoms with Crippen molar-refractivity contribution in [2.45, 2.75) is 32.1 Å². The normalized spacial score (nSPS) is 12.9. The number of hydrogen-bond acceptors (Lipinski definition) is 5. The molecule has 30 heavy (non-hydrogen) atoms. The Morgan fingerprint density at radius 1 is 1.07 bits per heavy atom. The van der Waals surface area contributed by atoms with E-state index in [1.807, 2.05) is 57.2 Å². The van der Waals surface area contributed by atoms with Gasteiger partial charge in [0.2, 0.25) is 17.5 Å². The van der Waals surface area contributed by atoms with Crippen LogP contribution in [0.25, 0.3) is 11.1 Å². The SMILES string of the molecule is CC(C)(C)c1nc(C(=O)O)c(NC(=O)OCC2c3ccccc3-c3ccccc32)o1. The standard InChI is InChI=1S/C23H22N2O5/c1-23(2,3)21-24-18(20(26)27)19(30-21)25-22(28)29-12-17-15-10-6-4-8-13(15)14-9-5-7-11-16(14)17/h4-11,17H,12H2,1-3H3,(H,25,28)(H,26,27). The highest BCUT2D eigenvalue weighted by Gasteiger charge is 2.30. The molecule has 0 bridgehead atoms. The zero-order valence-corrected chi connectivity index (χ0v) is 16.9. The second-order valence-corrected chi connectivity index (χ2v) is 8.20. The molecule has 1 amide bonds. The Balaban J connectivity index is 1.51. The molecule has 0 spiro atoms. The van der Waals surface area contributed by atoms with E-state index in [0.29, 0.717) is 0 Å². The predicted molar refractivity (Wildman–Crippen MR) is 111 cm³/mol. The third-order valence-corrected chi connectivity index (χ3v) is 5.03. The number of carbonyl (C=O) groups is 2. The van der Waals surface area contributed by atoms with Crippen molar-refractivity contribution in [3.63, 3.8) is 0 Å². The minimum absolute atomic E-state index is 0.0954. The van der Waals surface area contributed by atoms with Crippen molar-refractivity contribution in [1.29, 1.82) is 0 Å². The molecule has 0 unspecified atom stereocenters. The molecule has 0 saturated carbocycles. The van der Waals surface area contributed by atoms with Crippen LogP contribution in [-0.2, 0) is 10.2 Å². The fraction of sp³-hybridized carbons (Fsp3) is 0.261. The number of aromatic nitrogens is 1. The first-order valence-corrected chi connectivity index (χ1v) is 9.62. The first-order valence-electron chi connectivity index (χ1n) is 9.62. The van der Waals surface area contributed by atoms with Gasteiger partial charge in [-0.1, -0.05) is 69.3 Å². The van der Waals surface area contributed by atoms with Crippen LogP contribution in [0.1, 0.15) is 54.2 Å². The average Bonchev–Trinajstić information content (AvgIpc) is 3.26. The highest BCUT2D eigenvalue weighted by atomic mass is 16.6. The number of aromatic carboxylic acids is 1. The summed E-state index contributed by atoms with van der Waals surface area (Å²) in [6.45, 7) is 5.62. The van der Waals surface area contributed by atoms with Gasteiger partial charge >= 0.3 is 12.1 Å². The molecule has 0 radical (unpaired) electrons. The Kier molecular flexibility index (Phi) is 4.81. The van der Waals surface area contributed by atoms with Crippen LogP contribution in [0.5, 0.6) is 0 Å². The molecule has 0 atom stereocenters. The molecular formula is C23H22N2O5. The van der Waals surface area contributed by atoms with Gasteiger partial charge in [-0.15, -0.1) is 0 Å². The number of anilines is 1. The lowest BCUT2D eigenvalue weighted by atomic mass is 9.97. The van der Waals surface area contributed by atoms with Crippen LogP contribution >= 0.6 is 0 Å². The Labute approximate surface area is 173 Å². The first-order chi connectivity index (χ1) is 14.3. The summed E-state index contributed by atoms with van der Waals surface area (Å²) in [5.74, 6) is -1.40. The molecule has 0 aliphatic heterocycles. The lowest BCUT2D eigenvalue weighted by Crippen LogP contribution is -2.19. The van der Waals surface area contributed by atoms with Gasteiger partial charge < -0.3 is 14.3 Å². The van der Waals surface area contributed by atoms with Gasteiger partial charge in [0.05, 0.1) is 0 Å². The number of nitrogens with one attached hydrogen (secondary N) is 1. The van der Waals surface area contributed by atoms with Crippen molar-refractivity contribution in [2.75, 3.05) is 11.9 Å². The van der Waals surface area contributed by atoms with Crippen molar-refractivity contribution in [3.8, 4) is 11.1 Å². The summed E-state index contributed by atoms with van der Waals surface area (Å²) in [5, 5.41) is 11.7. The van der Waals surface area contributed by atoms with Crippen molar-refractivity contribution in [2.24, 2.45) is 0 Å². The zero-order valence-electron chi connectivity index (χ0n) is 16.9. The number of oxazole rings is 1. The number of carboxylic acid groups (broad SMARTS) is 1. The lowest BCUT2D eigenvalue weighted by molar-refractivity contribution is 0.0692. The quantitative estimate of drug-likeness (QED) is 0.630. The Morgan fingerprint density at radius 3 is 2.17 bits per heavy atom. The molecule has 2 N–H and O–H groups in total. The maximum absolute atomic E-state index is 12.4. The van der Waals surface area contributed by atoms with Crippen LogP contribution in [0.4, 0.5) is 10.7 Å². The van der Waals surface area contributed by atoms with Gasteiger partial charge in [0.25, 0.3) is 0 Å². The average molecular weight is 406 g/mol. The number of carboxylic acids is 1. The van der Waals surface area contributed by atoms with Crippen LogP contribution in [0.15, 0.2) is 52.9 Å². The van der Waals surface area contributed by atoms with Crippen molar-refractivity contribution >= 4 is 17.9 Å². The lowest BCUT2D eigenvalue weighted by Gasteiger charge is -2.14. The summed E-state index contributed by atoms with van der Waals surface area (Å²) in [6, 6.07) is 16.0. The Morgan fingerprint density at radius 2 is 1.63 bits per heavy atom. The van der Waals surface area contributed by atoms with Crippen molar-refractivity contribution in [1.82, 2.24) is 4.98 Å². The van der Waals surface area contributed by atoms with Gasteiger partial charge in [-0.2, -0.15) is 0 Å². The minimum Gasteiger partial charge on any atom is -0.476 e. The monoisotopic (exact) mass is 406 g/mol. The van der Waals surface area contributed by atoms with E-state index in [2.05, 4.69) is 22.4 Å². The minimum atomic E-state index is -1.29. The maximum Gasteiger partial charge on any atom is 0.414 e. The topological polar surface area (TPSA) is 102 Å². The summed E-state index contributed by atoms with van der Waals surface area (Å²) >= 11 is 0. The van der Waals surface area contributed by atoms with Gasteiger partial charge in [0, 0.05) is 11.3 Å². The van der Waals surface area contributed by atoms with Crippen LogP contribution in [0.3, 0.4) is 0 Å². The second kappa shape index (κ2) is 7.33. The molecule has 7 nitrogen and oxygen atoms in total. The fourth-order valence-electron chi connectivity index (χ4n) is 3.60. The number of benzene rings is 2. The molecule has 1 aliphatic rings. The number of fused-ring (bicyclic) bond motifs is 3. The van der Waals surface area contributed by atoms with E-state index in [0.717, 1.165) is 22.3 Å². The molecule has 4 rings (SSSR count). The number of amides is 1.